The molecule has 3 N–H and O–H groups in total. The summed E-state index contributed by atoms with van der Waals surface area (Å²) in [5.41, 5.74) is 1.03. The van der Waals surface area contributed by atoms with Crippen molar-refractivity contribution >= 4 is 33.3 Å². The number of aliphatic hydroxyl groups is 1. The molecule has 0 aromatic heterocycles. The molecule has 44 heavy (non-hydrogen) atoms. The number of hydrogen-bond donors (Lipinski definition) is 3. The first-order valence-corrected chi connectivity index (χ1v) is 16.7. The normalized spacial score (nSPS) is 20.8. The van der Waals surface area contributed by atoms with E-state index in [1.54, 1.807) is 67.3 Å². The van der Waals surface area contributed by atoms with Crippen LogP contribution in [0.1, 0.15) is 50.4 Å². The maximum Gasteiger partial charge on any atom is 0.321 e. The van der Waals surface area contributed by atoms with Gasteiger partial charge in [-0.3, -0.25) is 9.52 Å². The topological polar surface area (TPSA) is 147 Å². The Morgan fingerprint density at radius 2 is 1.84 bits per heavy atom. The molecule has 0 fully saturated rings. The summed E-state index contributed by atoms with van der Waals surface area (Å²) in [4.78, 5) is 30.2. The van der Waals surface area contributed by atoms with E-state index in [1.165, 1.54) is 6.07 Å². The van der Waals surface area contributed by atoms with Crippen molar-refractivity contribution in [3.63, 3.8) is 0 Å². The van der Waals surface area contributed by atoms with Crippen LogP contribution in [0, 0.1) is 5.92 Å². The van der Waals surface area contributed by atoms with Gasteiger partial charge < -0.3 is 34.4 Å². The van der Waals surface area contributed by atoms with Crippen LogP contribution in [0.15, 0.2) is 42.5 Å². The van der Waals surface area contributed by atoms with E-state index in [2.05, 4.69) is 10.0 Å². The van der Waals surface area contributed by atoms with Crippen LogP contribution in [0.25, 0.3) is 0 Å². The van der Waals surface area contributed by atoms with E-state index in [0.29, 0.717) is 30.2 Å². The first kappa shape index (κ1) is 34.9. The Bertz CT molecular complexity index is 1350. The van der Waals surface area contributed by atoms with Crippen molar-refractivity contribution in [1.82, 2.24) is 9.80 Å². The number of benzene rings is 2. The van der Waals surface area contributed by atoms with Crippen LogP contribution in [-0.4, -0.2) is 100 Å². The summed E-state index contributed by atoms with van der Waals surface area (Å²) in [6.45, 7) is 6.24. The van der Waals surface area contributed by atoms with Gasteiger partial charge in [0.25, 0.3) is 5.91 Å². The van der Waals surface area contributed by atoms with Crippen LogP contribution >= 0.6 is 0 Å². The van der Waals surface area contributed by atoms with Crippen molar-refractivity contribution < 1.29 is 37.3 Å². The first-order valence-electron chi connectivity index (χ1n) is 14.8. The number of nitrogens with one attached hydrogen (secondary N) is 2. The number of nitrogens with zero attached hydrogens (tertiary/aromatic N) is 2. The van der Waals surface area contributed by atoms with Crippen LogP contribution in [-0.2, 0) is 14.8 Å². The van der Waals surface area contributed by atoms with Gasteiger partial charge in [0.05, 0.1) is 43.8 Å². The summed E-state index contributed by atoms with van der Waals surface area (Å²) in [7, 11) is -0.328. The highest BCUT2D eigenvalue weighted by atomic mass is 32.2. The Hall–Kier alpha value is -3.55. The summed E-state index contributed by atoms with van der Waals surface area (Å²) in [6.07, 6.45) is 2.71. The highest BCUT2D eigenvalue weighted by Crippen LogP contribution is 2.29. The molecular formula is C31H46N4O8S. The number of rotatable bonds is 8. The molecule has 0 spiro atoms. The Balaban J connectivity index is 1.88. The highest BCUT2D eigenvalue weighted by molar-refractivity contribution is 7.92. The van der Waals surface area contributed by atoms with E-state index in [9.17, 15) is 23.1 Å². The van der Waals surface area contributed by atoms with Crippen molar-refractivity contribution in [3.8, 4) is 11.5 Å². The number of hydrogen-bond acceptors (Lipinski definition) is 8. The molecule has 244 valence electrons. The Morgan fingerprint density at radius 3 is 2.48 bits per heavy atom. The van der Waals surface area contributed by atoms with Crippen LogP contribution in [0.4, 0.5) is 16.2 Å². The van der Waals surface area contributed by atoms with Gasteiger partial charge in [-0.2, -0.15) is 0 Å². The Kier molecular flexibility index (Phi) is 12.7. The maximum absolute atomic E-state index is 14.1. The van der Waals surface area contributed by atoms with E-state index < -0.39 is 28.1 Å². The fourth-order valence-corrected chi connectivity index (χ4v) is 5.46. The average Bonchev–Trinajstić information content (AvgIpc) is 2.98. The molecule has 0 aliphatic carbocycles. The van der Waals surface area contributed by atoms with Crippen molar-refractivity contribution in [1.29, 1.82) is 0 Å². The lowest BCUT2D eigenvalue weighted by atomic mass is 10.0. The number of carbonyl (C=O) groups is 2. The summed E-state index contributed by atoms with van der Waals surface area (Å²) in [5.74, 6) is 0.358. The third-order valence-electron chi connectivity index (χ3n) is 7.50. The molecule has 1 aliphatic rings. The quantitative estimate of drug-likeness (QED) is 0.395. The maximum atomic E-state index is 14.1. The molecule has 0 radical (unpaired) electrons. The minimum Gasteiger partial charge on any atom is -0.497 e. The van der Waals surface area contributed by atoms with E-state index in [4.69, 9.17) is 14.2 Å². The minimum absolute atomic E-state index is 0.184. The molecule has 1 aliphatic heterocycles. The SMILES string of the molecule is COc1ccc(NC(=O)N(C)C[C@@H]2OCCCC[C@@H](C)Oc3ccc(NS(C)(=O)=O)cc3C(=O)N([C@H](C)CO)C[C@@H]2C)cc1. The highest BCUT2D eigenvalue weighted by Gasteiger charge is 2.31. The van der Waals surface area contributed by atoms with Crippen molar-refractivity contribution in [2.45, 2.75) is 58.3 Å². The lowest BCUT2D eigenvalue weighted by Gasteiger charge is -2.35. The molecule has 12 nitrogen and oxygen atoms in total. The predicted molar refractivity (Wildman–Crippen MR) is 170 cm³/mol. The molecule has 0 saturated heterocycles. The number of methoxy groups -OCH3 is 1. The van der Waals surface area contributed by atoms with E-state index in [1.807, 2.05) is 13.8 Å². The van der Waals surface area contributed by atoms with Gasteiger partial charge in [0, 0.05) is 44.0 Å². The zero-order valence-corrected chi connectivity index (χ0v) is 27.2. The van der Waals surface area contributed by atoms with E-state index in [0.717, 1.165) is 19.1 Å². The number of amides is 3. The van der Waals surface area contributed by atoms with Crippen LogP contribution < -0.4 is 19.5 Å². The predicted octanol–water partition coefficient (Wildman–Crippen LogP) is 4.03. The summed E-state index contributed by atoms with van der Waals surface area (Å²) < 4.78 is 43.9. The lowest BCUT2D eigenvalue weighted by molar-refractivity contribution is -0.0115. The van der Waals surface area contributed by atoms with Gasteiger partial charge in [-0.15, -0.1) is 0 Å². The summed E-state index contributed by atoms with van der Waals surface area (Å²) in [6, 6.07) is 10.8. The second kappa shape index (κ2) is 16.0. The number of urea groups is 1. The number of likely N-dealkylation sites (N-methyl/N-ethyl adjacent to an activating group) is 1. The molecule has 0 saturated carbocycles. The number of ether oxygens (including phenoxy) is 3. The van der Waals surface area contributed by atoms with Crippen molar-refractivity contribution in [2.75, 3.05) is 56.8 Å². The molecule has 1 heterocycles. The number of aliphatic hydroxyl groups excluding tert-OH is 1. The number of sulfonamides is 1. The molecule has 2 aromatic carbocycles. The molecular weight excluding hydrogens is 588 g/mol. The van der Waals surface area contributed by atoms with Crippen LogP contribution in [0.2, 0.25) is 0 Å². The third kappa shape index (κ3) is 10.3. The van der Waals surface area contributed by atoms with Gasteiger partial charge in [0.1, 0.15) is 11.5 Å². The fraction of sp³-hybridized carbons (Fsp3) is 0.548. The fourth-order valence-electron chi connectivity index (χ4n) is 4.91. The third-order valence-corrected chi connectivity index (χ3v) is 8.10. The zero-order valence-electron chi connectivity index (χ0n) is 26.4. The smallest absolute Gasteiger partial charge is 0.321 e. The molecule has 3 amide bonds. The molecule has 3 rings (SSSR count). The van der Waals surface area contributed by atoms with Crippen LogP contribution in [0.5, 0.6) is 11.5 Å². The summed E-state index contributed by atoms with van der Waals surface area (Å²) in [5, 5.41) is 13.0. The van der Waals surface area contributed by atoms with Crippen molar-refractivity contribution in [3.05, 3.63) is 48.0 Å². The average molecular weight is 635 g/mol. The first-order chi connectivity index (χ1) is 20.8. The minimum atomic E-state index is -3.59. The van der Waals surface area contributed by atoms with Crippen LogP contribution in [0.3, 0.4) is 0 Å². The van der Waals surface area contributed by atoms with E-state index >= 15 is 0 Å². The zero-order chi connectivity index (χ0) is 32.4. The molecule has 4 atom stereocenters. The standard InChI is InChI=1S/C31H46N4O8S/c1-21-18-35(22(2)20-36)30(37)27-17-25(33-44(6,39)40)12-15-28(27)43-23(3)9-7-8-16-42-29(21)19-34(4)31(38)32-24-10-13-26(41-5)14-11-24/h10-15,17,21-23,29,33,36H,7-9,16,18-20H2,1-6H3,(H,32,38)/t21-,22+,23+,29-/m0/s1. The number of anilines is 2. The van der Waals surface area contributed by atoms with Gasteiger partial charge in [0.2, 0.25) is 10.0 Å². The molecule has 0 unspecified atom stereocenters. The van der Waals surface area contributed by atoms with Gasteiger partial charge in [-0.1, -0.05) is 6.92 Å². The molecule has 0 bridgehead atoms. The van der Waals surface area contributed by atoms with Gasteiger partial charge in [-0.05, 0) is 75.6 Å². The Labute approximate surface area is 260 Å². The van der Waals surface area contributed by atoms with Gasteiger partial charge in [0.15, 0.2) is 0 Å². The molecule has 13 heteroatoms. The van der Waals surface area contributed by atoms with Gasteiger partial charge in [-0.25, -0.2) is 13.2 Å². The number of carbonyl (C=O) groups excluding carboxylic acids is 2. The monoisotopic (exact) mass is 634 g/mol. The largest absolute Gasteiger partial charge is 0.497 e. The van der Waals surface area contributed by atoms with Crippen molar-refractivity contribution in [2.24, 2.45) is 5.92 Å². The molecule has 2 aromatic rings. The van der Waals surface area contributed by atoms with Gasteiger partial charge >= 0.3 is 6.03 Å². The lowest BCUT2D eigenvalue weighted by Crippen LogP contribution is -2.48. The second-order valence-electron chi connectivity index (χ2n) is 11.4. The summed E-state index contributed by atoms with van der Waals surface area (Å²) >= 11 is 0. The number of fused-ring (bicyclic) bond motifs is 1. The Morgan fingerprint density at radius 1 is 1.16 bits per heavy atom. The van der Waals surface area contributed by atoms with E-state index in [-0.39, 0.29) is 49.0 Å². The second-order valence-corrected chi connectivity index (χ2v) is 13.2.